The number of fused-ring (bicyclic) bond motifs is 1. The van der Waals surface area contributed by atoms with Crippen LogP contribution in [0.15, 0.2) is 52.3 Å². The van der Waals surface area contributed by atoms with Gasteiger partial charge in [0.1, 0.15) is 5.82 Å². The molecule has 2 heterocycles. The summed E-state index contributed by atoms with van der Waals surface area (Å²) >= 11 is 1.53. The van der Waals surface area contributed by atoms with Gasteiger partial charge in [0.15, 0.2) is 0 Å². The van der Waals surface area contributed by atoms with E-state index < -0.39 is 10.0 Å². The van der Waals surface area contributed by atoms with E-state index in [2.05, 4.69) is 5.32 Å². The minimum atomic E-state index is -3.69. The summed E-state index contributed by atoms with van der Waals surface area (Å²) in [5.74, 6) is 0.250. The average molecular weight is 422 g/mol. The molecule has 0 spiro atoms. The molecule has 1 fully saturated rings. The molecule has 0 bridgehead atoms. The van der Waals surface area contributed by atoms with E-state index in [4.69, 9.17) is 0 Å². The van der Waals surface area contributed by atoms with Crippen LogP contribution in [-0.2, 0) is 14.8 Å². The van der Waals surface area contributed by atoms with Gasteiger partial charge in [0.2, 0.25) is 15.9 Å². The van der Waals surface area contributed by atoms with E-state index in [0.29, 0.717) is 36.6 Å². The molecule has 0 aliphatic carbocycles. The first-order chi connectivity index (χ1) is 13.4. The number of anilines is 2. The Morgan fingerprint density at radius 3 is 2.54 bits per heavy atom. The molecule has 1 N–H and O–H groups in total. The number of hydrogen-bond donors (Lipinski definition) is 1. The number of thioether (sulfide) groups is 1. The summed E-state index contributed by atoms with van der Waals surface area (Å²) in [7, 11) is -3.69. The van der Waals surface area contributed by atoms with Gasteiger partial charge in [-0.1, -0.05) is 12.1 Å². The van der Waals surface area contributed by atoms with E-state index in [1.54, 1.807) is 30.3 Å². The van der Waals surface area contributed by atoms with Crippen LogP contribution >= 0.6 is 11.8 Å². The lowest BCUT2D eigenvalue weighted by Gasteiger charge is -2.35. The molecular weight excluding hydrogens is 401 g/mol. The number of carbonyl (C=O) groups is 1. The first-order valence-corrected chi connectivity index (χ1v) is 11.4. The highest BCUT2D eigenvalue weighted by atomic mass is 32.2. The van der Waals surface area contributed by atoms with Crippen molar-refractivity contribution in [2.75, 3.05) is 42.1 Å². The maximum atomic E-state index is 14.0. The third kappa shape index (κ3) is 3.74. The van der Waals surface area contributed by atoms with Gasteiger partial charge in [0, 0.05) is 43.2 Å². The number of amides is 1. The van der Waals surface area contributed by atoms with Crippen LogP contribution in [0.2, 0.25) is 0 Å². The van der Waals surface area contributed by atoms with Gasteiger partial charge in [-0.05, 0) is 30.3 Å². The molecule has 1 amide bonds. The second kappa shape index (κ2) is 7.73. The molecule has 0 saturated carbocycles. The smallest absolute Gasteiger partial charge is 0.243 e. The Labute approximate surface area is 167 Å². The zero-order valence-electron chi connectivity index (χ0n) is 15.1. The molecule has 148 valence electrons. The topological polar surface area (TPSA) is 69.7 Å². The number of nitrogens with zero attached hydrogens (tertiary/aromatic N) is 2. The lowest BCUT2D eigenvalue weighted by molar-refractivity contribution is -0.115. The van der Waals surface area contributed by atoms with Crippen LogP contribution in [0.3, 0.4) is 0 Å². The number of carbonyl (C=O) groups excluding carboxylic acids is 1. The van der Waals surface area contributed by atoms with E-state index in [0.717, 1.165) is 4.90 Å². The van der Waals surface area contributed by atoms with Gasteiger partial charge in [-0.3, -0.25) is 4.79 Å². The van der Waals surface area contributed by atoms with Crippen LogP contribution in [0.4, 0.5) is 15.8 Å². The Balaban J connectivity index is 1.52. The van der Waals surface area contributed by atoms with E-state index in [1.807, 2.05) is 4.90 Å². The normalized spacial score (nSPS) is 18.3. The van der Waals surface area contributed by atoms with Crippen molar-refractivity contribution in [2.45, 2.75) is 16.2 Å². The minimum absolute atomic E-state index is 0.112. The van der Waals surface area contributed by atoms with Crippen LogP contribution in [0.5, 0.6) is 0 Å². The van der Waals surface area contributed by atoms with Crippen molar-refractivity contribution < 1.29 is 17.6 Å². The summed E-state index contributed by atoms with van der Waals surface area (Å²) in [5, 5.41) is 2.78. The van der Waals surface area contributed by atoms with Crippen LogP contribution in [0, 0.1) is 5.82 Å². The number of hydrogen-bond acceptors (Lipinski definition) is 5. The highest BCUT2D eigenvalue weighted by Gasteiger charge is 2.30. The summed E-state index contributed by atoms with van der Waals surface area (Å²) in [5.41, 5.74) is 1.03. The average Bonchev–Trinajstić information content (AvgIpc) is 2.88. The largest absolute Gasteiger partial charge is 0.367 e. The Morgan fingerprint density at radius 2 is 1.79 bits per heavy atom. The molecule has 0 atom stereocenters. The fourth-order valence-corrected chi connectivity index (χ4v) is 5.77. The SMILES string of the molecule is O=C1CCSc2ccc(S(=O)(=O)N3CCN(c4ccccc4F)CC3)cc2N1. The molecule has 2 aromatic carbocycles. The molecule has 6 nitrogen and oxygen atoms in total. The highest BCUT2D eigenvalue weighted by molar-refractivity contribution is 7.99. The van der Waals surface area contributed by atoms with Crippen LogP contribution in [-0.4, -0.2) is 50.6 Å². The molecule has 1 saturated heterocycles. The summed E-state index contributed by atoms with van der Waals surface area (Å²) < 4.78 is 41.5. The Bertz CT molecular complexity index is 1010. The lowest BCUT2D eigenvalue weighted by atomic mass is 10.2. The third-order valence-electron chi connectivity index (χ3n) is 4.88. The number of sulfonamides is 1. The van der Waals surface area contributed by atoms with Gasteiger partial charge >= 0.3 is 0 Å². The number of nitrogens with one attached hydrogen (secondary N) is 1. The van der Waals surface area contributed by atoms with Gasteiger partial charge < -0.3 is 10.2 Å². The van der Waals surface area contributed by atoms with Crippen molar-refractivity contribution in [2.24, 2.45) is 0 Å². The first-order valence-electron chi connectivity index (χ1n) is 9.01. The zero-order chi connectivity index (χ0) is 19.7. The molecule has 0 aromatic heterocycles. The predicted octanol–water partition coefficient (Wildman–Crippen LogP) is 2.77. The number of para-hydroxylation sites is 1. The van der Waals surface area contributed by atoms with Crippen molar-refractivity contribution in [3.8, 4) is 0 Å². The minimum Gasteiger partial charge on any atom is -0.367 e. The van der Waals surface area contributed by atoms with Crippen molar-refractivity contribution in [3.05, 3.63) is 48.3 Å². The van der Waals surface area contributed by atoms with Crippen LogP contribution in [0.25, 0.3) is 0 Å². The summed E-state index contributed by atoms with van der Waals surface area (Å²) in [4.78, 5) is 14.7. The molecule has 2 aliphatic heterocycles. The van der Waals surface area contributed by atoms with Gasteiger partial charge in [-0.15, -0.1) is 11.8 Å². The maximum absolute atomic E-state index is 14.0. The number of benzene rings is 2. The predicted molar refractivity (Wildman–Crippen MR) is 108 cm³/mol. The Morgan fingerprint density at radius 1 is 1.04 bits per heavy atom. The van der Waals surface area contributed by atoms with E-state index in [-0.39, 0.29) is 29.7 Å². The van der Waals surface area contributed by atoms with Crippen molar-refractivity contribution in [1.82, 2.24) is 4.31 Å². The standard InChI is InChI=1S/C19H20FN3O3S2/c20-15-3-1-2-4-17(15)22-8-10-23(11-9-22)28(25,26)14-5-6-18-16(13-14)21-19(24)7-12-27-18/h1-6,13H,7-12H2,(H,21,24). The van der Waals surface area contributed by atoms with E-state index >= 15 is 0 Å². The van der Waals surface area contributed by atoms with Crippen molar-refractivity contribution in [3.63, 3.8) is 0 Å². The van der Waals surface area contributed by atoms with Crippen LogP contribution < -0.4 is 10.2 Å². The number of piperazine rings is 1. The fourth-order valence-electron chi connectivity index (χ4n) is 3.39. The van der Waals surface area contributed by atoms with Crippen LogP contribution in [0.1, 0.15) is 6.42 Å². The zero-order valence-corrected chi connectivity index (χ0v) is 16.7. The molecule has 2 aliphatic rings. The highest BCUT2D eigenvalue weighted by Crippen LogP contribution is 2.33. The summed E-state index contributed by atoms with van der Waals surface area (Å²) in [6.45, 7) is 1.37. The molecule has 4 rings (SSSR count). The third-order valence-corrected chi connectivity index (χ3v) is 7.85. The number of halogens is 1. The summed E-state index contributed by atoms with van der Waals surface area (Å²) in [6.07, 6.45) is 0.402. The summed E-state index contributed by atoms with van der Waals surface area (Å²) in [6, 6.07) is 11.4. The Kier molecular flexibility index (Phi) is 5.31. The molecule has 28 heavy (non-hydrogen) atoms. The maximum Gasteiger partial charge on any atom is 0.243 e. The van der Waals surface area contributed by atoms with Gasteiger partial charge in [-0.2, -0.15) is 4.31 Å². The van der Waals surface area contributed by atoms with Crippen molar-refractivity contribution in [1.29, 1.82) is 0 Å². The number of rotatable bonds is 3. The monoisotopic (exact) mass is 421 g/mol. The van der Waals surface area contributed by atoms with Crippen molar-refractivity contribution >= 4 is 39.1 Å². The first kappa shape index (κ1) is 19.2. The molecule has 2 aromatic rings. The van der Waals surface area contributed by atoms with E-state index in [1.165, 1.54) is 28.2 Å². The van der Waals surface area contributed by atoms with Gasteiger partial charge in [0.05, 0.1) is 16.3 Å². The fraction of sp³-hybridized carbons (Fsp3) is 0.316. The molecule has 0 radical (unpaired) electrons. The van der Waals surface area contributed by atoms with Gasteiger partial charge in [-0.25, -0.2) is 12.8 Å². The molecule has 9 heteroatoms. The second-order valence-electron chi connectivity index (χ2n) is 6.65. The Hall–Kier alpha value is -2.10. The lowest BCUT2D eigenvalue weighted by Crippen LogP contribution is -2.48. The molecule has 0 unspecified atom stereocenters. The second-order valence-corrected chi connectivity index (χ2v) is 9.72. The van der Waals surface area contributed by atoms with E-state index in [9.17, 15) is 17.6 Å². The molecular formula is C19H20FN3O3S2. The quantitative estimate of drug-likeness (QED) is 0.825. The van der Waals surface area contributed by atoms with Gasteiger partial charge in [0.25, 0.3) is 0 Å².